The summed E-state index contributed by atoms with van der Waals surface area (Å²) in [5, 5.41) is 1.90. The number of thioether (sulfide) groups is 1. The average molecular weight is 326 g/mol. The minimum Gasteiger partial charge on any atom is -0.336 e. The fourth-order valence-electron chi connectivity index (χ4n) is 3.39. The van der Waals surface area contributed by atoms with Crippen LogP contribution >= 0.6 is 23.1 Å². The highest BCUT2D eigenvalue weighted by molar-refractivity contribution is 8.00. The molecular weight excluding hydrogens is 302 g/mol. The van der Waals surface area contributed by atoms with Crippen molar-refractivity contribution >= 4 is 29.0 Å². The lowest BCUT2D eigenvalue weighted by molar-refractivity contribution is 0.0752. The van der Waals surface area contributed by atoms with Crippen molar-refractivity contribution in [2.75, 3.05) is 32.4 Å². The predicted octanol–water partition coefficient (Wildman–Crippen LogP) is 2.96. The Labute approximate surface area is 134 Å². The molecule has 1 aliphatic heterocycles. The van der Waals surface area contributed by atoms with Gasteiger partial charge < -0.3 is 4.90 Å². The Morgan fingerprint density at radius 1 is 1.24 bits per heavy atom. The second kappa shape index (κ2) is 7.11. The van der Waals surface area contributed by atoms with Gasteiger partial charge in [-0.15, -0.1) is 11.3 Å². The summed E-state index contributed by atoms with van der Waals surface area (Å²) in [6, 6.07) is 0.766. The Morgan fingerprint density at radius 3 is 2.76 bits per heavy atom. The van der Waals surface area contributed by atoms with Crippen LogP contribution in [0.2, 0.25) is 0 Å². The van der Waals surface area contributed by atoms with E-state index in [0.717, 1.165) is 43.0 Å². The highest BCUT2D eigenvalue weighted by Gasteiger charge is 2.27. The summed E-state index contributed by atoms with van der Waals surface area (Å²) < 4.78 is 0.973. The number of aromatic nitrogens is 1. The van der Waals surface area contributed by atoms with E-state index in [-0.39, 0.29) is 5.91 Å². The summed E-state index contributed by atoms with van der Waals surface area (Å²) >= 11 is 3.17. The molecule has 1 saturated heterocycles. The Bertz CT molecular complexity index is 485. The molecule has 0 aromatic carbocycles. The first-order valence-corrected chi connectivity index (χ1v) is 9.91. The molecule has 0 spiro atoms. The summed E-state index contributed by atoms with van der Waals surface area (Å²) in [6.07, 6.45) is 8.52. The third-order valence-corrected chi connectivity index (χ3v) is 6.40. The molecule has 2 fully saturated rings. The van der Waals surface area contributed by atoms with E-state index in [1.165, 1.54) is 25.7 Å². The van der Waals surface area contributed by atoms with Gasteiger partial charge in [-0.1, -0.05) is 24.6 Å². The molecule has 4 nitrogen and oxygen atoms in total. The van der Waals surface area contributed by atoms with Crippen LogP contribution in [0, 0.1) is 0 Å². The molecule has 6 heteroatoms. The molecule has 116 valence electrons. The Balaban J connectivity index is 1.60. The van der Waals surface area contributed by atoms with E-state index in [0.29, 0.717) is 5.69 Å². The lowest BCUT2D eigenvalue weighted by Crippen LogP contribution is -2.38. The number of thiazole rings is 1. The first-order valence-electron chi connectivity index (χ1n) is 7.81. The number of nitrogens with zero attached hydrogens (tertiary/aromatic N) is 3. The zero-order valence-corrected chi connectivity index (χ0v) is 14.2. The topological polar surface area (TPSA) is 36.4 Å². The van der Waals surface area contributed by atoms with Gasteiger partial charge in [0.2, 0.25) is 0 Å². The van der Waals surface area contributed by atoms with Gasteiger partial charge in [0.15, 0.2) is 0 Å². The third-order valence-electron chi connectivity index (χ3n) is 4.54. The zero-order chi connectivity index (χ0) is 14.7. The van der Waals surface area contributed by atoms with Crippen molar-refractivity contribution in [2.45, 2.75) is 42.5 Å². The Kier molecular flexibility index (Phi) is 5.19. The van der Waals surface area contributed by atoms with E-state index in [1.807, 2.05) is 16.5 Å². The second-order valence-corrected chi connectivity index (χ2v) is 7.73. The number of hydrogen-bond acceptors (Lipinski definition) is 5. The molecule has 0 radical (unpaired) electrons. The third kappa shape index (κ3) is 3.60. The Morgan fingerprint density at radius 2 is 2.05 bits per heavy atom. The molecule has 1 aromatic heterocycles. The van der Waals surface area contributed by atoms with E-state index >= 15 is 0 Å². The molecule has 1 aliphatic carbocycles. The van der Waals surface area contributed by atoms with Crippen LogP contribution in [0.5, 0.6) is 0 Å². The number of carbonyl (C=O) groups excluding carboxylic acids is 1. The van der Waals surface area contributed by atoms with Crippen LogP contribution in [-0.4, -0.2) is 59.2 Å². The van der Waals surface area contributed by atoms with Gasteiger partial charge in [-0.25, -0.2) is 4.98 Å². The van der Waals surface area contributed by atoms with Crippen molar-refractivity contribution in [3.05, 3.63) is 11.1 Å². The molecule has 1 saturated carbocycles. The highest BCUT2D eigenvalue weighted by Crippen LogP contribution is 2.25. The molecule has 21 heavy (non-hydrogen) atoms. The lowest BCUT2D eigenvalue weighted by atomic mass is 10.2. The minimum absolute atomic E-state index is 0.111. The molecule has 1 amide bonds. The summed E-state index contributed by atoms with van der Waals surface area (Å²) in [5.41, 5.74) is 0.624. The maximum atomic E-state index is 12.6. The fraction of sp³-hybridized carbons (Fsp3) is 0.733. The van der Waals surface area contributed by atoms with E-state index in [2.05, 4.69) is 9.88 Å². The van der Waals surface area contributed by atoms with Crippen LogP contribution in [0.4, 0.5) is 0 Å². The van der Waals surface area contributed by atoms with Crippen LogP contribution in [0.25, 0.3) is 0 Å². The van der Waals surface area contributed by atoms with Crippen LogP contribution in [0.15, 0.2) is 9.72 Å². The van der Waals surface area contributed by atoms with Gasteiger partial charge in [-0.05, 0) is 25.5 Å². The van der Waals surface area contributed by atoms with Crippen molar-refractivity contribution < 1.29 is 4.79 Å². The standard InChI is InChI=1S/C15H23N3OS2/c1-20-15-16-13(11-21-15)14(19)18-8-4-7-17(9-10-18)12-5-2-3-6-12/h11-12H,2-10H2,1H3. The van der Waals surface area contributed by atoms with Gasteiger partial charge in [-0.2, -0.15) is 0 Å². The molecule has 0 unspecified atom stereocenters. The van der Waals surface area contributed by atoms with Crippen LogP contribution in [-0.2, 0) is 0 Å². The number of hydrogen-bond donors (Lipinski definition) is 0. The van der Waals surface area contributed by atoms with E-state index in [9.17, 15) is 4.79 Å². The molecule has 0 atom stereocenters. The number of carbonyl (C=O) groups is 1. The largest absolute Gasteiger partial charge is 0.336 e. The number of rotatable bonds is 3. The molecule has 0 bridgehead atoms. The molecule has 1 aromatic rings. The van der Waals surface area contributed by atoms with Crippen molar-refractivity contribution in [2.24, 2.45) is 0 Å². The van der Waals surface area contributed by atoms with Gasteiger partial charge in [0, 0.05) is 37.6 Å². The summed E-state index contributed by atoms with van der Waals surface area (Å²) in [6.45, 7) is 3.88. The van der Waals surface area contributed by atoms with Gasteiger partial charge >= 0.3 is 0 Å². The van der Waals surface area contributed by atoms with E-state index in [1.54, 1.807) is 23.1 Å². The molecule has 3 rings (SSSR count). The Hall–Kier alpha value is -0.590. The van der Waals surface area contributed by atoms with E-state index < -0.39 is 0 Å². The molecule has 0 N–H and O–H groups in total. The maximum Gasteiger partial charge on any atom is 0.273 e. The second-order valence-electron chi connectivity index (χ2n) is 5.82. The quantitative estimate of drug-likeness (QED) is 0.801. The highest BCUT2D eigenvalue weighted by atomic mass is 32.2. The fourth-order valence-corrected chi connectivity index (χ4v) is 4.62. The van der Waals surface area contributed by atoms with Crippen LogP contribution in [0.3, 0.4) is 0 Å². The zero-order valence-electron chi connectivity index (χ0n) is 12.6. The van der Waals surface area contributed by atoms with Crippen LogP contribution in [0.1, 0.15) is 42.6 Å². The first kappa shape index (κ1) is 15.3. The van der Waals surface area contributed by atoms with Gasteiger partial charge in [-0.3, -0.25) is 9.69 Å². The predicted molar refractivity (Wildman–Crippen MR) is 88.2 cm³/mol. The minimum atomic E-state index is 0.111. The van der Waals surface area contributed by atoms with Gasteiger partial charge in [0.25, 0.3) is 5.91 Å². The molecule has 2 aliphatic rings. The SMILES string of the molecule is CSc1nc(C(=O)N2CCCN(C3CCCC3)CC2)cs1. The van der Waals surface area contributed by atoms with Crippen LogP contribution < -0.4 is 0 Å². The summed E-state index contributed by atoms with van der Waals surface area (Å²) in [4.78, 5) is 21.6. The van der Waals surface area contributed by atoms with Crippen molar-refractivity contribution in [3.63, 3.8) is 0 Å². The lowest BCUT2D eigenvalue weighted by Gasteiger charge is -2.27. The van der Waals surface area contributed by atoms with E-state index in [4.69, 9.17) is 0 Å². The maximum absolute atomic E-state index is 12.6. The van der Waals surface area contributed by atoms with Crippen molar-refractivity contribution in [1.29, 1.82) is 0 Å². The van der Waals surface area contributed by atoms with Crippen molar-refractivity contribution in [3.8, 4) is 0 Å². The summed E-state index contributed by atoms with van der Waals surface area (Å²) in [5.74, 6) is 0.111. The average Bonchev–Trinajstić information content (AvgIpc) is 3.14. The normalized spacial score (nSPS) is 21.7. The number of amides is 1. The van der Waals surface area contributed by atoms with Gasteiger partial charge in [0.05, 0.1) is 0 Å². The molecule has 2 heterocycles. The monoisotopic (exact) mass is 325 g/mol. The van der Waals surface area contributed by atoms with Crippen molar-refractivity contribution in [1.82, 2.24) is 14.8 Å². The smallest absolute Gasteiger partial charge is 0.273 e. The molecular formula is C15H23N3OS2. The summed E-state index contributed by atoms with van der Waals surface area (Å²) in [7, 11) is 0. The van der Waals surface area contributed by atoms with Gasteiger partial charge in [0.1, 0.15) is 10.0 Å². The first-order chi connectivity index (χ1) is 10.3.